The van der Waals surface area contributed by atoms with E-state index in [1.807, 2.05) is 6.55 Å². The maximum absolute atomic E-state index is 9.65. The summed E-state index contributed by atoms with van der Waals surface area (Å²) in [5.74, 6) is 0. The van der Waals surface area contributed by atoms with E-state index in [9.17, 15) is 4.80 Å². The third-order valence-corrected chi connectivity index (χ3v) is 4.40. The van der Waals surface area contributed by atoms with Crippen molar-refractivity contribution in [2.45, 2.75) is 25.1 Å². The van der Waals surface area contributed by atoms with Gasteiger partial charge in [-0.3, -0.25) is 0 Å². The fourth-order valence-electron chi connectivity index (χ4n) is 0.919. The normalized spacial score (nSPS) is 14.0. The van der Waals surface area contributed by atoms with Gasteiger partial charge in [-0.1, -0.05) is 0 Å². The van der Waals surface area contributed by atoms with Gasteiger partial charge in [0.2, 0.25) is 0 Å². The van der Waals surface area contributed by atoms with Gasteiger partial charge in [-0.25, -0.2) is 0 Å². The summed E-state index contributed by atoms with van der Waals surface area (Å²) in [6.45, 7) is 3.22. The molecular formula is C6H20K2N2OSi. The minimum absolute atomic E-state index is 0. The molecule has 5 N–H and O–H groups in total. The van der Waals surface area contributed by atoms with Gasteiger partial charge < -0.3 is 19.1 Å². The molecule has 0 aliphatic carbocycles. The Hall–Kier alpha value is 3.37. The van der Waals surface area contributed by atoms with Gasteiger partial charge in [0, 0.05) is 0 Å². The molecule has 1 unspecified atom stereocenters. The van der Waals surface area contributed by atoms with Gasteiger partial charge in [-0.2, -0.15) is 0 Å². The van der Waals surface area contributed by atoms with Gasteiger partial charge in [0.1, 0.15) is 0 Å². The van der Waals surface area contributed by atoms with Crippen LogP contribution in [0.15, 0.2) is 0 Å². The van der Waals surface area contributed by atoms with Gasteiger partial charge in [-0.05, 0) is 38.1 Å². The fourth-order valence-corrected chi connectivity index (χ4v) is 2.76. The number of hydrogen-bond donors (Lipinski definition) is 3. The van der Waals surface area contributed by atoms with Crippen molar-refractivity contribution in [1.29, 1.82) is 0 Å². The smallest absolute Gasteiger partial charge is 1.00 e. The monoisotopic (exact) mass is 242 g/mol. The fraction of sp³-hybridized carbons (Fsp3) is 1.00. The molecule has 12 heavy (non-hydrogen) atoms. The second-order valence-electron chi connectivity index (χ2n) is 2.93. The SMILES string of the molecule is C[Si](O)(CCN)CCCN.[H-].[H-].[K+].[K+]. The Morgan fingerprint density at radius 3 is 2.00 bits per heavy atom. The van der Waals surface area contributed by atoms with Crippen LogP contribution in [0.5, 0.6) is 0 Å². The van der Waals surface area contributed by atoms with E-state index in [0.717, 1.165) is 18.5 Å². The zero-order valence-corrected chi connectivity index (χ0v) is 15.9. The molecule has 0 bridgehead atoms. The Morgan fingerprint density at radius 1 is 1.17 bits per heavy atom. The summed E-state index contributed by atoms with van der Waals surface area (Å²) in [7, 11) is -1.93. The summed E-state index contributed by atoms with van der Waals surface area (Å²) in [6, 6.07) is 1.69. The first-order valence-electron chi connectivity index (χ1n) is 3.75. The Balaban J connectivity index is -0.0000000675. The summed E-state index contributed by atoms with van der Waals surface area (Å²) in [5, 5.41) is 0. The van der Waals surface area contributed by atoms with E-state index in [4.69, 9.17) is 11.5 Å². The molecule has 3 nitrogen and oxygen atoms in total. The van der Waals surface area contributed by atoms with Crippen LogP contribution in [0.4, 0.5) is 0 Å². The summed E-state index contributed by atoms with van der Waals surface area (Å²) < 4.78 is 0. The first-order valence-corrected chi connectivity index (χ1v) is 6.61. The third-order valence-electron chi connectivity index (χ3n) is 1.60. The molecule has 0 aliphatic heterocycles. The zero-order valence-electron chi connectivity index (χ0n) is 10.6. The predicted molar refractivity (Wildman–Crippen MR) is 48.4 cm³/mol. The molecule has 0 spiro atoms. The van der Waals surface area contributed by atoms with Gasteiger partial charge in [0.25, 0.3) is 0 Å². The molecule has 6 heteroatoms. The minimum Gasteiger partial charge on any atom is -1.00 e. The first-order chi connectivity index (χ1) is 4.62. The van der Waals surface area contributed by atoms with Crippen molar-refractivity contribution < 1.29 is 110 Å². The van der Waals surface area contributed by atoms with Crippen molar-refractivity contribution in [1.82, 2.24) is 0 Å². The van der Waals surface area contributed by atoms with Gasteiger partial charge in [0.05, 0.1) is 0 Å². The molecule has 0 aromatic carbocycles. The van der Waals surface area contributed by atoms with Crippen LogP contribution in [0, 0.1) is 0 Å². The zero-order chi connectivity index (χ0) is 8.04. The average Bonchev–Trinajstić information content (AvgIpc) is 1.84. The van der Waals surface area contributed by atoms with Crippen molar-refractivity contribution >= 4 is 8.32 Å². The number of rotatable bonds is 5. The van der Waals surface area contributed by atoms with Crippen LogP contribution < -0.4 is 114 Å². The molecule has 0 aromatic rings. The Labute approximate surface area is 164 Å². The maximum atomic E-state index is 9.65. The van der Waals surface area contributed by atoms with Crippen molar-refractivity contribution in [3.8, 4) is 0 Å². The quantitative estimate of drug-likeness (QED) is 0.421. The molecule has 0 fully saturated rings. The van der Waals surface area contributed by atoms with E-state index in [-0.39, 0.29) is 106 Å². The molecule has 0 rings (SSSR count). The largest absolute Gasteiger partial charge is 1.00 e. The van der Waals surface area contributed by atoms with Gasteiger partial charge in [-0.15, -0.1) is 0 Å². The molecule has 0 amide bonds. The second kappa shape index (κ2) is 12.4. The molecule has 0 aliphatic rings. The Kier molecular flexibility index (Phi) is 21.5. The summed E-state index contributed by atoms with van der Waals surface area (Å²) in [4.78, 5) is 9.65. The Bertz CT molecular complexity index is 104. The first kappa shape index (κ1) is 20.7. The summed E-state index contributed by atoms with van der Waals surface area (Å²) in [5.41, 5.74) is 10.6. The van der Waals surface area contributed by atoms with E-state index in [1.165, 1.54) is 0 Å². The average molecular weight is 243 g/mol. The van der Waals surface area contributed by atoms with Crippen molar-refractivity contribution in [3.63, 3.8) is 0 Å². The molecule has 0 saturated heterocycles. The molecular weight excluding hydrogens is 222 g/mol. The Morgan fingerprint density at radius 2 is 1.67 bits per heavy atom. The van der Waals surface area contributed by atoms with Crippen LogP contribution in [0.25, 0.3) is 0 Å². The molecule has 66 valence electrons. The molecule has 0 saturated carbocycles. The number of nitrogens with two attached hydrogens (primary N) is 2. The van der Waals surface area contributed by atoms with Crippen molar-refractivity contribution in [2.24, 2.45) is 11.5 Å². The number of hydrogen-bond acceptors (Lipinski definition) is 3. The summed E-state index contributed by atoms with van der Waals surface area (Å²) >= 11 is 0. The maximum Gasteiger partial charge on any atom is 1.00 e. The van der Waals surface area contributed by atoms with E-state index < -0.39 is 8.32 Å². The van der Waals surface area contributed by atoms with E-state index in [1.54, 1.807) is 0 Å². The third kappa shape index (κ3) is 13.4. The molecule has 1 atom stereocenters. The van der Waals surface area contributed by atoms with Crippen LogP contribution in [0.1, 0.15) is 9.27 Å². The predicted octanol–water partition coefficient (Wildman–Crippen LogP) is -5.91. The summed E-state index contributed by atoms with van der Waals surface area (Å²) in [6.07, 6.45) is 0.930. The molecule has 0 heterocycles. The van der Waals surface area contributed by atoms with Crippen LogP contribution in [0.3, 0.4) is 0 Å². The standard InChI is InChI=1S/C6H18N2OSi.2K.2H/c1-10(9,6-4-8)5-2-3-7;;;;/h9H,2-8H2,1H3;;;;/q;2*+1;2*-1. The molecule has 0 aromatic heterocycles. The van der Waals surface area contributed by atoms with Crippen molar-refractivity contribution in [2.75, 3.05) is 13.1 Å². The van der Waals surface area contributed by atoms with Crippen LogP contribution in [-0.4, -0.2) is 26.2 Å². The van der Waals surface area contributed by atoms with Crippen LogP contribution in [0.2, 0.25) is 18.6 Å². The van der Waals surface area contributed by atoms with E-state index >= 15 is 0 Å². The van der Waals surface area contributed by atoms with Gasteiger partial charge in [0.15, 0.2) is 8.32 Å². The van der Waals surface area contributed by atoms with E-state index in [2.05, 4.69) is 0 Å². The topological polar surface area (TPSA) is 72.3 Å². The van der Waals surface area contributed by atoms with E-state index in [0.29, 0.717) is 13.1 Å². The van der Waals surface area contributed by atoms with Crippen molar-refractivity contribution in [3.05, 3.63) is 0 Å². The van der Waals surface area contributed by atoms with Crippen LogP contribution >= 0.6 is 0 Å². The second-order valence-corrected chi connectivity index (χ2v) is 6.92. The van der Waals surface area contributed by atoms with Gasteiger partial charge >= 0.3 is 103 Å². The molecule has 0 radical (unpaired) electrons. The minimum atomic E-state index is -1.93. The van der Waals surface area contributed by atoms with Crippen LogP contribution in [-0.2, 0) is 0 Å².